The van der Waals surface area contributed by atoms with E-state index in [4.69, 9.17) is 5.73 Å². The molecule has 0 amide bonds. The zero-order valence-electron chi connectivity index (χ0n) is 10.5. The Labute approximate surface area is 112 Å². The maximum Gasteiger partial charge on any atom is 0.455 e. The first-order valence-electron chi connectivity index (χ1n) is 5.84. The van der Waals surface area contributed by atoms with Crippen molar-refractivity contribution in [3.8, 4) is 0 Å². The smallest absolute Gasteiger partial charge is 0.319 e. The van der Waals surface area contributed by atoms with Crippen LogP contribution in [0, 0.1) is 6.92 Å². The normalized spacial score (nSPS) is 14.6. The standard InChI is InChI=1S/C14H12F5N/c1-8-6-7-11(10-5-3-2-4-9(8)10)12(20)13(15,16)14(17,18)19/h2-7,12H,20H2,1H3. The van der Waals surface area contributed by atoms with Crippen molar-refractivity contribution < 1.29 is 22.0 Å². The van der Waals surface area contributed by atoms with Gasteiger partial charge in [-0.1, -0.05) is 36.4 Å². The van der Waals surface area contributed by atoms with Gasteiger partial charge in [0.2, 0.25) is 0 Å². The van der Waals surface area contributed by atoms with Gasteiger partial charge in [0.1, 0.15) is 6.04 Å². The van der Waals surface area contributed by atoms with Gasteiger partial charge in [0.25, 0.3) is 0 Å². The topological polar surface area (TPSA) is 26.0 Å². The van der Waals surface area contributed by atoms with Crippen LogP contribution >= 0.6 is 0 Å². The van der Waals surface area contributed by atoms with E-state index in [0.29, 0.717) is 10.8 Å². The lowest BCUT2D eigenvalue weighted by Crippen LogP contribution is -2.45. The van der Waals surface area contributed by atoms with Gasteiger partial charge in [-0.2, -0.15) is 22.0 Å². The lowest BCUT2D eigenvalue weighted by Gasteiger charge is -2.27. The fourth-order valence-corrected chi connectivity index (χ4v) is 2.12. The maximum atomic E-state index is 13.4. The van der Waals surface area contributed by atoms with Crippen LogP contribution in [0.15, 0.2) is 36.4 Å². The molecule has 1 unspecified atom stereocenters. The van der Waals surface area contributed by atoms with E-state index in [0.717, 1.165) is 5.56 Å². The summed E-state index contributed by atoms with van der Waals surface area (Å²) < 4.78 is 64.0. The highest BCUT2D eigenvalue weighted by molar-refractivity contribution is 5.89. The molecule has 0 fully saturated rings. The zero-order chi connectivity index (χ0) is 15.1. The van der Waals surface area contributed by atoms with Gasteiger partial charge >= 0.3 is 12.1 Å². The summed E-state index contributed by atoms with van der Waals surface area (Å²) in [5.41, 5.74) is 5.77. The third kappa shape index (κ3) is 2.24. The zero-order valence-corrected chi connectivity index (χ0v) is 10.5. The molecule has 0 heterocycles. The molecule has 0 bridgehead atoms. The number of nitrogens with two attached hydrogens (primary N) is 1. The fourth-order valence-electron chi connectivity index (χ4n) is 2.12. The summed E-state index contributed by atoms with van der Waals surface area (Å²) in [4.78, 5) is 0. The SMILES string of the molecule is Cc1ccc(C(N)C(F)(F)C(F)(F)F)c2ccccc12. The molecule has 108 valence electrons. The highest BCUT2D eigenvalue weighted by Crippen LogP contribution is 2.44. The first-order chi connectivity index (χ1) is 9.16. The molecule has 20 heavy (non-hydrogen) atoms. The lowest BCUT2D eigenvalue weighted by molar-refractivity contribution is -0.290. The van der Waals surface area contributed by atoms with Gasteiger partial charge in [-0.05, 0) is 28.8 Å². The molecule has 0 aliphatic carbocycles. The minimum absolute atomic E-state index is 0.214. The van der Waals surface area contributed by atoms with Crippen molar-refractivity contribution in [3.63, 3.8) is 0 Å². The summed E-state index contributed by atoms with van der Waals surface area (Å²) >= 11 is 0. The van der Waals surface area contributed by atoms with E-state index in [1.165, 1.54) is 18.2 Å². The molecule has 2 rings (SSSR count). The Hall–Kier alpha value is -1.69. The molecule has 0 aromatic heterocycles. The summed E-state index contributed by atoms with van der Waals surface area (Å²) in [7, 11) is 0. The van der Waals surface area contributed by atoms with Crippen LogP contribution in [0.1, 0.15) is 17.2 Å². The summed E-state index contributed by atoms with van der Waals surface area (Å²) in [5.74, 6) is -4.98. The highest BCUT2D eigenvalue weighted by atomic mass is 19.4. The highest BCUT2D eigenvalue weighted by Gasteiger charge is 2.61. The van der Waals surface area contributed by atoms with E-state index in [1.807, 2.05) is 0 Å². The largest absolute Gasteiger partial charge is 0.455 e. The Balaban J connectivity index is 2.62. The van der Waals surface area contributed by atoms with Crippen LogP contribution in [0.2, 0.25) is 0 Å². The van der Waals surface area contributed by atoms with Crippen molar-refractivity contribution >= 4 is 10.8 Å². The first-order valence-corrected chi connectivity index (χ1v) is 5.84. The predicted octanol–water partition coefficient (Wildman–Crippen LogP) is 4.35. The quantitative estimate of drug-likeness (QED) is 0.817. The van der Waals surface area contributed by atoms with Crippen molar-refractivity contribution in [2.45, 2.75) is 25.1 Å². The molecule has 1 atom stereocenters. The molecule has 1 nitrogen and oxygen atoms in total. The molecule has 2 aromatic rings. The van der Waals surface area contributed by atoms with E-state index >= 15 is 0 Å². The molecule has 2 aromatic carbocycles. The number of rotatable bonds is 2. The molecule has 2 N–H and O–H groups in total. The second kappa shape index (κ2) is 4.70. The molecule has 0 radical (unpaired) electrons. The monoisotopic (exact) mass is 289 g/mol. The Morgan fingerprint density at radius 2 is 1.45 bits per heavy atom. The van der Waals surface area contributed by atoms with E-state index < -0.39 is 18.1 Å². The van der Waals surface area contributed by atoms with Gasteiger partial charge in [-0.3, -0.25) is 0 Å². The Kier molecular flexibility index (Phi) is 3.46. The van der Waals surface area contributed by atoms with Crippen LogP contribution in [-0.4, -0.2) is 12.1 Å². The summed E-state index contributed by atoms with van der Waals surface area (Å²) in [6.07, 6.45) is -5.68. The number of alkyl halides is 5. The molecule has 6 heteroatoms. The van der Waals surface area contributed by atoms with Crippen molar-refractivity contribution in [3.05, 3.63) is 47.5 Å². The average Bonchev–Trinajstić information content (AvgIpc) is 2.37. The third-order valence-corrected chi connectivity index (χ3v) is 3.28. The summed E-state index contributed by atoms with van der Waals surface area (Å²) in [5, 5.41) is 0.919. The van der Waals surface area contributed by atoms with E-state index in [9.17, 15) is 22.0 Å². The van der Waals surface area contributed by atoms with Crippen LogP contribution in [0.4, 0.5) is 22.0 Å². The Morgan fingerprint density at radius 1 is 0.900 bits per heavy atom. The number of benzene rings is 2. The summed E-state index contributed by atoms with van der Waals surface area (Å²) in [6, 6.07) is 6.69. The van der Waals surface area contributed by atoms with E-state index in [1.54, 1.807) is 25.1 Å². The second-order valence-corrected chi connectivity index (χ2v) is 4.62. The Morgan fingerprint density at radius 3 is 2.00 bits per heavy atom. The van der Waals surface area contributed by atoms with Gasteiger partial charge in [0, 0.05) is 0 Å². The number of hydrogen-bond acceptors (Lipinski definition) is 1. The maximum absolute atomic E-state index is 13.4. The van der Waals surface area contributed by atoms with Crippen molar-refractivity contribution in [1.82, 2.24) is 0 Å². The van der Waals surface area contributed by atoms with Crippen LogP contribution in [0.5, 0.6) is 0 Å². The molecule has 0 saturated heterocycles. The number of halogens is 5. The molecule has 0 aliphatic rings. The van der Waals surface area contributed by atoms with Gasteiger partial charge in [-0.15, -0.1) is 0 Å². The van der Waals surface area contributed by atoms with Gasteiger partial charge in [0.05, 0.1) is 0 Å². The molecule has 0 aliphatic heterocycles. The van der Waals surface area contributed by atoms with Gasteiger partial charge < -0.3 is 5.73 Å². The third-order valence-electron chi connectivity index (χ3n) is 3.28. The van der Waals surface area contributed by atoms with Crippen LogP contribution in [-0.2, 0) is 0 Å². The fraction of sp³-hybridized carbons (Fsp3) is 0.286. The Bertz CT molecular complexity index is 633. The van der Waals surface area contributed by atoms with Crippen molar-refractivity contribution in [2.24, 2.45) is 5.73 Å². The number of hydrogen-bond donors (Lipinski definition) is 1. The van der Waals surface area contributed by atoms with Crippen molar-refractivity contribution in [2.75, 3.05) is 0 Å². The van der Waals surface area contributed by atoms with Crippen LogP contribution < -0.4 is 5.73 Å². The predicted molar refractivity (Wildman–Crippen MR) is 66.6 cm³/mol. The van der Waals surface area contributed by atoms with E-state index in [-0.39, 0.29) is 5.56 Å². The van der Waals surface area contributed by atoms with Gasteiger partial charge in [0.15, 0.2) is 0 Å². The minimum Gasteiger partial charge on any atom is -0.319 e. The molecular weight excluding hydrogens is 277 g/mol. The minimum atomic E-state index is -5.68. The number of fused-ring (bicyclic) bond motifs is 1. The van der Waals surface area contributed by atoms with Gasteiger partial charge in [-0.25, -0.2) is 0 Å². The van der Waals surface area contributed by atoms with Crippen molar-refractivity contribution in [1.29, 1.82) is 0 Å². The molecule has 0 saturated carbocycles. The number of aryl methyl sites for hydroxylation is 1. The molecule has 0 spiro atoms. The van der Waals surface area contributed by atoms with Crippen LogP contribution in [0.3, 0.4) is 0 Å². The van der Waals surface area contributed by atoms with Crippen LogP contribution in [0.25, 0.3) is 10.8 Å². The lowest BCUT2D eigenvalue weighted by atomic mass is 9.93. The second-order valence-electron chi connectivity index (χ2n) is 4.62. The van der Waals surface area contributed by atoms with E-state index in [2.05, 4.69) is 0 Å². The molecular formula is C14H12F5N. The summed E-state index contributed by atoms with van der Waals surface area (Å²) in [6.45, 7) is 1.75. The average molecular weight is 289 g/mol. The first kappa shape index (κ1) is 14.7.